The van der Waals surface area contributed by atoms with Crippen LogP contribution in [0.4, 0.5) is 17.6 Å². The minimum Gasteiger partial charge on any atom is -0.293 e. The minimum atomic E-state index is -4.61. The molecule has 0 saturated heterocycles. The van der Waals surface area contributed by atoms with Gasteiger partial charge in [-0.05, 0) is 18.2 Å². The quantitative estimate of drug-likeness (QED) is 0.433. The number of hydrogen-bond donors (Lipinski definition) is 0. The van der Waals surface area contributed by atoms with Gasteiger partial charge in [-0.3, -0.25) is 4.79 Å². The molecular formula is C11H6F4O. The fourth-order valence-corrected chi connectivity index (χ4v) is 1.10. The van der Waals surface area contributed by atoms with E-state index in [1.54, 1.807) is 0 Å². The van der Waals surface area contributed by atoms with Crippen molar-refractivity contribution in [3.8, 4) is 12.3 Å². The summed E-state index contributed by atoms with van der Waals surface area (Å²) in [4.78, 5) is 11.2. The number of hydrogen-bond acceptors (Lipinski definition) is 1. The summed E-state index contributed by atoms with van der Waals surface area (Å²) in [6.45, 7) is 0. The van der Waals surface area contributed by atoms with E-state index in [9.17, 15) is 22.4 Å². The number of halogens is 4. The maximum absolute atomic E-state index is 13.1. The third kappa shape index (κ3) is 2.60. The molecule has 0 spiro atoms. The first-order valence-corrected chi connectivity index (χ1v) is 4.19. The molecule has 1 aromatic carbocycles. The van der Waals surface area contributed by atoms with Crippen LogP contribution in [0.3, 0.4) is 0 Å². The molecule has 0 aliphatic carbocycles. The molecule has 0 aliphatic rings. The van der Waals surface area contributed by atoms with Crippen molar-refractivity contribution in [1.29, 1.82) is 0 Å². The monoisotopic (exact) mass is 230 g/mol. The van der Waals surface area contributed by atoms with Crippen molar-refractivity contribution in [2.45, 2.75) is 12.6 Å². The van der Waals surface area contributed by atoms with Crippen LogP contribution in [0.25, 0.3) is 0 Å². The molecule has 0 aliphatic heterocycles. The highest BCUT2D eigenvalue weighted by Gasteiger charge is 2.31. The van der Waals surface area contributed by atoms with Crippen molar-refractivity contribution < 1.29 is 22.4 Å². The molecule has 0 radical (unpaired) electrons. The fraction of sp³-hybridized carbons (Fsp3) is 0.182. The zero-order valence-corrected chi connectivity index (χ0v) is 7.94. The molecule has 0 aromatic heterocycles. The molecule has 0 atom stereocenters. The smallest absolute Gasteiger partial charge is 0.293 e. The normalized spacial score (nSPS) is 10.9. The maximum Gasteiger partial charge on any atom is 0.416 e. The predicted octanol–water partition coefficient (Wildman–Crippen LogP) is 3.05. The summed E-state index contributed by atoms with van der Waals surface area (Å²) in [5.74, 6) is 0.106. The van der Waals surface area contributed by atoms with Gasteiger partial charge in [-0.25, -0.2) is 4.39 Å². The number of benzene rings is 1. The van der Waals surface area contributed by atoms with E-state index in [0.29, 0.717) is 18.2 Å². The molecule has 0 amide bonds. The number of carbonyl (C=O) groups excluding carboxylic acids is 1. The van der Waals surface area contributed by atoms with Gasteiger partial charge in [0.25, 0.3) is 0 Å². The van der Waals surface area contributed by atoms with Gasteiger partial charge in [-0.15, -0.1) is 6.42 Å². The highest BCUT2D eigenvalue weighted by atomic mass is 19.4. The SMILES string of the molecule is C#CCC(=O)c1cc(C(F)(F)F)ccc1F. The third-order valence-electron chi connectivity index (χ3n) is 1.86. The first kappa shape index (κ1) is 12.2. The lowest BCUT2D eigenvalue weighted by Crippen LogP contribution is -2.09. The Morgan fingerprint density at radius 1 is 1.38 bits per heavy atom. The Hall–Kier alpha value is -1.83. The van der Waals surface area contributed by atoms with Gasteiger partial charge in [0.15, 0.2) is 5.78 Å². The van der Waals surface area contributed by atoms with Crippen LogP contribution in [-0.2, 0) is 6.18 Å². The molecule has 84 valence electrons. The summed E-state index contributed by atoms with van der Waals surface area (Å²) in [5, 5.41) is 0. The van der Waals surface area contributed by atoms with Crippen molar-refractivity contribution in [2.75, 3.05) is 0 Å². The number of alkyl halides is 3. The number of Topliss-reactive ketones (excluding diaryl/α,β-unsaturated/α-hetero) is 1. The molecule has 1 rings (SSSR count). The predicted molar refractivity (Wildman–Crippen MR) is 49.2 cm³/mol. The number of carbonyl (C=O) groups is 1. The van der Waals surface area contributed by atoms with E-state index in [4.69, 9.17) is 6.42 Å². The average Bonchev–Trinajstić information content (AvgIpc) is 2.16. The van der Waals surface area contributed by atoms with Gasteiger partial charge < -0.3 is 0 Å². The van der Waals surface area contributed by atoms with Gasteiger partial charge >= 0.3 is 6.18 Å². The summed E-state index contributed by atoms with van der Waals surface area (Å²) >= 11 is 0. The second-order valence-electron chi connectivity index (χ2n) is 3.00. The Kier molecular flexibility index (Phi) is 3.33. The van der Waals surface area contributed by atoms with Crippen molar-refractivity contribution in [1.82, 2.24) is 0 Å². The standard InChI is InChI=1S/C11H6F4O/c1-2-3-10(16)8-6-7(11(13,14)15)4-5-9(8)12/h1,4-6H,3H2. The Morgan fingerprint density at radius 2 is 2.00 bits per heavy atom. The minimum absolute atomic E-state index is 0.432. The molecule has 16 heavy (non-hydrogen) atoms. The average molecular weight is 230 g/mol. The van der Waals surface area contributed by atoms with E-state index < -0.39 is 35.3 Å². The van der Waals surface area contributed by atoms with E-state index in [0.717, 1.165) is 0 Å². The zero-order chi connectivity index (χ0) is 12.3. The summed E-state index contributed by atoms with van der Waals surface area (Å²) < 4.78 is 49.9. The largest absolute Gasteiger partial charge is 0.416 e. The molecule has 0 fully saturated rings. The van der Waals surface area contributed by atoms with Gasteiger partial charge in [0.2, 0.25) is 0 Å². The molecule has 1 aromatic rings. The van der Waals surface area contributed by atoms with Gasteiger partial charge in [0.05, 0.1) is 17.5 Å². The molecule has 0 saturated carbocycles. The summed E-state index contributed by atoms with van der Waals surface area (Å²) in [6.07, 6.45) is -0.219. The molecule has 0 heterocycles. The van der Waals surface area contributed by atoms with Gasteiger partial charge in [0.1, 0.15) is 5.82 Å². The summed E-state index contributed by atoms with van der Waals surface area (Å²) in [5.41, 5.74) is -1.71. The van der Waals surface area contributed by atoms with E-state index in [1.807, 2.05) is 5.92 Å². The van der Waals surface area contributed by atoms with Crippen LogP contribution in [0.15, 0.2) is 18.2 Å². The molecule has 0 unspecified atom stereocenters. The lowest BCUT2D eigenvalue weighted by atomic mass is 10.0. The van der Waals surface area contributed by atoms with Crippen LogP contribution in [-0.4, -0.2) is 5.78 Å². The van der Waals surface area contributed by atoms with Crippen molar-refractivity contribution in [2.24, 2.45) is 0 Å². The van der Waals surface area contributed by atoms with E-state index >= 15 is 0 Å². The molecule has 0 bridgehead atoms. The van der Waals surface area contributed by atoms with Crippen molar-refractivity contribution >= 4 is 5.78 Å². The van der Waals surface area contributed by atoms with E-state index in [1.165, 1.54) is 0 Å². The molecule has 0 N–H and O–H groups in total. The van der Waals surface area contributed by atoms with Gasteiger partial charge in [-0.2, -0.15) is 13.2 Å². The molecule has 1 nitrogen and oxygen atoms in total. The van der Waals surface area contributed by atoms with Gasteiger partial charge in [-0.1, -0.05) is 5.92 Å². The Labute approximate surface area is 89.1 Å². The molecule has 5 heteroatoms. The second kappa shape index (κ2) is 4.35. The van der Waals surface area contributed by atoms with E-state index in [2.05, 4.69) is 0 Å². The summed E-state index contributed by atoms with van der Waals surface area (Å²) in [7, 11) is 0. The zero-order valence-electron chi connectivity index (χ0n) is 7.94. The number of terminal acetylenes is 1. The molecular weight excluding hydrogens is 224 g/mol. The third-order valence-corrected chi connectivity index (χ3v) is 1.86. The van der Waals surface area contributed by atoms with Crippen LogP contribution >= 0.6 is 0 Å². The Balaban J connectivity index is 3.20. The van der Waals surface area contributed by atoms with Gasteiger partial charge in [0, 0.05) is 0 Å². The van der Waals surface area contributed by atoms with Crippen molar-refractivity contribution in [3.63, 3.8) is 0 Å². The van der Waals surface area contributed by atoms with Crippen LogP contribution in [0.2, 0.25) is 0 Å². The highest BCUT2D eigenvalue weighted by Crippen LogP contribution is 2.30. The van der Waals surface area contributed by atoms with Crippen LogP contribution in [0, 0.1) is 18.2 Å². The number of rotatable bonds is 2. The van der Waals surface area contributed by atoms with Crippen LogP contribution in [0.5, 0.6) is 0 Å². The van der Waals surface area contributed by atoms with Crippen LogP contribution < -0.4 is 0 Å². The second-order valence-corrected chi connectivity index (χ2v) is 3.00. The first-order valence-electron chi connectivity index (χ1n) is 4.19. The lowest BCUT2D eigenvalue weighted by molar-refractivity contribution is -0.137. The first-order chi connectivity index (χ1) is 7.36. The van der Waals surface area contributed by atoms with Crippen molar-refractivity contribution in [3.05, 3.63) is 35.1 Å². The topological polar surface area (TPSA) is 17.1 Å². The van der Waals surface area contributed by atoms with E-state index in [-0.39, 0.29) is 0 Å². The number of ketones is 1. The Morgan fingerprint density at radius 3 is 2.50 bits per heavy atom. The highest BCUT2D eigenvalue weighted by molar-refractivity contribution is 5.97. The fourth-order valence-electron chi connectivity index (χ4n) is 1.10. The van der Waals surface area contributed by atoms with Crippen LogP contribution in [0.1, 0.15) is 22.3 Å². The Bertz CT molecular complexity index is 454. The summed E-state index contributed by atoms with van der Waals surface area (Å²) in [6, 6.07) is 1.64. The lowest BCUT2D eigenvalue weighted by Gasteiger charge is -2.08. The maximum atomic E-state index is 13.1.